The first-order valence-electron chi connectivity index (χ1n) is 16.9. The van der Waals surface area contributed by atoms with E-state index in [9.17, 15) is 0 Å². The highest BCUT2D eigenvalue weighted by Crippen LogP contribution is 2.38. The summed E-state index contributed by atoms with van der Waals surface area (Å²) in [5.74, 6) is 1.41. The third-order valence-corrected chi connectivity index (χ3v) is 10.1. The maximum Gasteiger partial charge on any atom is 0.165 e. The van der Waals surface area contributed by atoms with Gasteiger partial charge in [-0.3, -0.25) is 13.8 Å². The number of nitrogens with zero attached hydrogens (tertiary/aromatic N) is 7. The molecule has 240 valence electrons. The molecule has 0 aliphatic rings. The molecule has 0 fully saturated rings. The van der Waals surface area contributed by atoms with Gasteiger partial charge in [-0.05, 0) is 103 Å². The van der Waals surface area contributed by atoms with Gasteiger partial charge in [-0.1, -0.05) is 42.5 Å². The quantitative estimate of drug-likeness (QED) is 0.176. The van der Waals surface area contributed by atoms with E-state index < -0.39 is 0 Å². The Hall–Kier alpha value is -6.93. The van der Waals surface area contributed by atoms with Crippen molar-refractivity contribution >= 4 is 77.1 Å². The standard InChI is InChI=1S/C43H27N7O/c1-24-8-7-9-25(2)38(24)35-19-18-30-28-16-14-26(22-31(28)41-46-33-10-3-5-12-36(33)49(41)40(30)48-35)51-27-15-17-29-32(23-27)42-47-34-11-4-6-13-37(34)50(42)43-39(29)44-20-21-45-43/h3-23H,1-2H3. The Bertz CT molecular complexity index is 3250. The highest BCUT2D eigenvalue weighted by Gasteiger charge is 2.19. The minimum absolute atomic E-state index is 0.698. The fourth-order valence-electron chi connectivity index (χ4n) is 7.83. The van der Waals surface area contributed by atoms with Crippen molar-refractivity contribution in [3.8, 4) is 22.8 Å². The highest BCUT2D eigenvalue weighted by molar-refractivity contribution is 6.14. The van der Waals surface area contributed by atoms with E-state index in [-0.39, 0.29) is 0 Å². The van der Waals surface area contributed by atoms with E-state index in [1.54, 1.807) is 12.4 Å². The van der Waals surface area contributed by atoms with Gasteiger partial charge in [0.25, 0.3) is 0 Å². The van der Waals surface area contributed by atoms with E-state index in [1.807, 2.05) is 42.5 Å². The smallest absolute Gasteiger partial charge is 0.165 e. The van der Waals surface area contributed by atoms with E-state index in [2.05, 4.69) is 95.4 Å². The van der Waals surface area contributed by atoms with Gasteiger partial charge in [0, 0.05) is 39.5 Å². The second-order valence-corrected chi connectivity index (χ2v) is 13.1. The van der Waals surface area contributed by atoms with E-state index >= 15 is 0 Å². The fourth-order valence-corrected chi connectivity index (χ4v) is 7.83. The minimum Gasteiger partial charge on any atom is -0.457 e. The molecule has 0 saturated carbocycles. The number of benzene rings is 5. The summed E-state index contributed by atoms with van der Waals surface area (Å²) in [5, 5.41) is 5.01. The zero-order valence-corrected chi connectivity index (χ0v) is 27.7. The lowest BCUT2D eigenvalue weighted by Gasteiger charge is -2.14. The second kappa shape index (κ2) is 10.3. The number of fused-ring (bicyclic) bond motifs is 16. The van der Waals surface area contributed by atoms with Crippen molar-refractivity contribution in [2.24, 2.45) is 0 Å². The van der Waals surface area contributed by atoms with Gasteiger partial charge in [0.2, 0.25) is 0 Å². The number of aryl methyl sites for hydroxylation is 2. The Kier molecular flexibility index (Phi) is 5.64. The van der Waals surface area contributed by atoms with Gasteiger partial charge in [-0.15, -0.1) is 0 Å². The molecular formula is C43H27N7O. The predicted octanol–water partition coefficient (Wildman–Crippen LogP) is 10.2. The molecule has 8 nitrogen and oxygen atoms in total. The normalized spacial score (nSPS) is 12.1. The molecule has 5 aromatic carbocycles. The van der Waals surface area contributed by atoms with Crippen molar-refractivity contribution < 1.29 is 4.74 Å². The van der Waals surface area contributed by atoms with Crippen molar-refractivity contribution in [2.45, 2.75) is 13.8 Å². The zero-order valence-electron chi connectivity index (χ0n) is 27.7. The number of aromatic nitrogens is 7. The number of hydrogen-bond acceptors (Lipinski definition) is 6. The van der Waals surface area contributed by atoms with E-state index in [4.69, 9.17) is 29.7 Å². The van der Waals surface area contributed by atoms with Crippen LogP contribution in [0.1, 0.15) is 11.1 Å². The van der Waals surface area contributed by atoms with E-state index in [0.29, 0.717) is 11.5 Å². The maximum absolute atomic E-state index is 6.64. The maximum atomic E-state index is 6.64. The predicted molar refractivity (Wildman–Crippen MR) is 204 cm³/mol. The monoisotopic (exact) mass is 657 g/mol. The summed E-state index contributed by atoms with van der Waals surface area (Å²) in [7, 11) is 0. The van der Waals surface area contributed by atoms with E-state index in [1.165, 1.54) is 11.1 Å². The third kappa shape index (κ3) is 3.98. The SMILES string of the molecule is Cc1cccc(C)c1-c1ccc2c3ccc(Oc4ccc5c(c4)c4nc6ccccc6n4c4nccnc54)cc3c3nc4ccccc4n3c2n1. The van der Waals surface area contributed by atoms with Gasteiger partial charge in [0.15, 0.2) is 5.65 Å². The molecule has 11 aromatic rings. The number of ether oxygens (including phenoxy) is 1. The summed E-state index contributed by atoms with van der Waals surface area (Å²) in [6.07, 6.45) is 3.46. The Morgan fingerprint density at radius 1 is 0.471 bits per heavy atom. The van der Waals surface area contributed by atoms with E-state index in [0.717, 1.165) is 88.4 Å². The molecule has 0 unspecified atom stereocenters. The summed E-state index contributed by atoms with van der Waals surface area (Å²) < 4.78 is 10.9. The van der Waals surface area contributed by atoms with Gasteiger partial charge in [-0.25, -0.2) is 19.9 Å². The molecule has 6 heterocycles. The topological polar surface area (TPSA) is 82.5 Å². The largest absolute Gasteiger partial charge is 0.457 e. The van der Waals surface area contributed by atoms with Crippen LogP contribution in [0.5, 0.6) is 11.5 Å². The minimum atomic E-state index is 0.698. The van der Waals surface area contributed by atoms with Crippen LogP contribution in [-0.2, 0) is 0 Å². The first kappa shape index (κ1) is 28.0. The summed E-state index contributed by atoms with van der Waals surface area (Å²) >= 11 is 0. The van der Waals surface area contributed by atoms with Crippen LogP contribution in [0.4, 0.5) is 0 Å². The molecule has 0 atom stereocenters. The van der Waals surface area contributed by atoms with Crippen LogP contribution in [0, 0.1) is 13.8 Å². The van der Waals surface area contributed by atoms with Crippen molar-refractivity contribution in [3.63, 3.8) is 0 Å². The summed E-state index contributed by atoms with van der Waals surface area (Å²) in [6.45, 7) is 4.29. The van der Waals surface area contributed by atoms with Crippen molar-refractivity contribution in [3.05, 3.63) is 139 Å². The first-order valence-corrected chi connectivity index (χ1v) is 16.9. The second-order valence-electron chi connectivity index (χ2n) is 13.1. The third-order valence-electron chi connectivity index (χ3n) is 10.1. The molecule has 6 aromatic heterocycles. The Morgan fingerprint density at radius 3 is 1.75 bits per heavy atom. The molecule has 0 N–H and O–H groups in total. The molecule has 11 rings (SSSR count). The molecule has 0 spiro atoms. The Labute approximate surface area is 290 Å². The van der Waals surface area contributed by atoms with Crippen molar-refractivity contribution in [1.82, 2.24) is 33.7 Å². The molecule has 0 aliphatic heterocycles. The zero-order chi connectivity index (χ0) is 33.8. The highest BCUT2D eigenvalue weighted by atomic mass is 16.5. The lowest BCUT2D eigenvalue weighted by molar-refractivity contribution is 0.484. The van der Waals surface area contributed by atoms with Crippen LogP contribution in [0.3, 0.4) is 0 Å². The first-order chi connectivity index (χ1) is 25.1. The van der Waals surface area contributed by atoms with Gasteiger partial charge in [0.1, 0.15) is 34.0 Å². The fraction of sp³-hybridized carbons (Fsp3) is 0.0465. The van der Waals surface area contributed by atoms with Gasteiger partial charge in [0.05, 0.1) is 27.8 Å². The van der Waals surface area contributed by atoms with Crippen LogP contribution in [0.15, 0.2) is 128 Å². The molecule has 0 bridgehead atoms. The molecule has 0 saturated heterocycles. The van der Waals surface area contributed by atoms with Crippen molar-refractivity contribution in [1.29, 1.82) is 0 Å². The van der Waals surface area contributed by atoms with Crippen molar-refractivity contribution in [2.75, 3.05) is 0 Å². The summed E-state index contributed by atoms with van der Waals surface area (Å²) in [6, 6.07) is 39.4. The molecule has 0 amide bonds. The van der Waals surface area contributed by atoms with Crippen LogP contribution >= 0.6 is 0 Å². The number of rotatable bonds is 3. The molecular weight excluding hydrogens is 631 g/mol. The number of para-hydroxylation sites is 4. The molecule has 0 aliphatic carbocycles. The van der Waals surface area contributed by atoms with Gasteiger partial charge < -0.3 is 4.74 Å². The number of pyridine rings is 3. The number of imidazole rings is 2. The average Bonchev–Trinajstić information content (AvgIpc) is 3.75. The lowest BCUT2D eigenvalue weighted by Crippen LogP contribution is -1.98. The van der Waals surface area contributed by atoms with Crippen LogP contribution < -0.4 is 4.74 Å². The number of hydrogen-bond donors (Lipinski definition) is 0. The average molecular weight is 658 g/mol. The van der Waals surface area contributed by atoms with Gasteiger partial charge >= 0.3 is 0 Å². The molecule has 8 heteroatoms. The Morgan fingerprint density at radius 2 is 1.04 bits per heavy atom. The lowest BCUT2D eigenvalue weighted by atomic mass is 9.99. The summed E-state index contributed by atoms with van der Waals surface area (Å²) in [5.41, 5.74) is 12.4. The van der Waals surface area contributed by atoms with Crippen LogP contribution in [0.2, 0.25) is 0 Å². The van der Waals surface area contributed by atoms with Crippen LogP contribution in [0.25, 0.3) is 88.4 Å². The molecule has 51 heavy (non-hydrogen) atoms. The Balaban J connectivity index is 1.12. The molecule has 0 radical (unpaired) electrons. The summed E-state index contributed by atoms with van der Waals surface area (Å²) in [4.78, 5) is 24.9. The van der Waals surface area contributed by atoms with Crippen LogP contribution in [-0.4, -0.2) is 33.7 Å². The van der Waals surface area contributed by atoms with Gasteiger partial charge in [-0.2, -0.15) is 0 Å².